The smallest absolute Gasteiger partial charge is 0.356 e. The van der Waals surface area contributed by atoms with E-state index in [1.807, 2.05) is 19.1 Å². The van der Waals surface area contributed by atoms with Crippen LogP contribution in [0.4, 0.5) is 0 Å². The molecule has 1 fully saturated rings. The number of hydrogen-bond acceptors (Lipinski definition) is 7. The summed E-state index contributed by atoms with van der Waals surface area (Å²) in [5, 5.41) is 0.585. The predicted molar refractivity (Wildman–Crippen MR) is 104 cm³/mol. The Kier molecular flexibility index (Phi) is 5.38. The molecular formula is C18H20ClN4O4P. The van der Waals surface area contributed by atoms with E-state index in [4.69, 9.17) is 26.8 Å². The molecule has 4 rings (SSSR count). The molecule has 0 spiro atoms. The van der Waals surface area contributed by atoms with Crippen molar-refractivity contribution in [2.24, 2.45) is 0 Å². The molecular weight excluding hydrogens is 403 g/mol. The molecule has 10 heteroatoms. The van der Waals surface area contributed by atoms with Gasteiger partial charge in [0.05, 0.1) is 32.7 Å². The van der Waals surface area contributed by atoms with Crippen molar-refractivity contribution in [1.29, 1.82) is 0 Å². The molecule has 2 aromatic heterocycles. The van der Waals surface area contributed by atoms with Crippen LogP contribution in [0.2, 0.25) is 5.02 Å². The van der Waals surface area contributed by atoms with Crippen molar-refractivity contribution in [2.75, 3.05) is 19.5 Å². The van der Waals surface area contributed by atoms with E-state index in [2.05, 4.69) is 15.0 Å². The van der Waals surface area contributed by atoms with E-state index in [1.165, 1.54) is 6.33 Å². The predicted octanol–water partition coefficient (Wildman–Crippen LogP) is 4.13. The van der Waals surface area contributed by atoms with Crippen LogP contribution < -0.4 is 0 Å². The summed E-state index contributed by atoms with van der Waals surface area (Å²) in [6, 6.07) is 7.24. The van der Waals surface area contributed by atoms with Gasteiger partial charge in [-0.2, -0.15) is 0 Å². The van der Waals surface area contributed by atoms with Crippen LogP contribution in [0.25, 0.3) is 11.2 Å². The molecule has 1 unspecified atom stereocenters. The standard InChI is InChI=1S/C18H20ClN4O4P/c1-13-17-18(21-10-20-13)23(11-22-17)6-8-25-12-28(24)26-7-5-16(27-28)14-3-2-4-15(19)9-14/h2-4,9-11,16H,5-8,12H2,1H3/t16-,28+/m0/s1/i8T/t8?,16-,28+. The maximum atomic E-state index is 12.9. The van der Waals surface area contributed by atoms with Gasteiger partial charge in [0.25, 0.3) is 0 Å². The van der Waals surface area contributed by atoms with E-state index < -0.39 is 20.3 Å². The Bertz CT molecular complexity index is 1070. The summed E-state index contributed by atoms with van der Waals surface area (Å²) in [5.74, 6) is 0. The van der Waals surface area contributed by atoms with Crippen molar-refractivity contribution >= 4 is 30.4 Å². The SMILES string of the molecule is [3H]C(Cn1cnc2c(C)ncnc21)OC[P@@]1(=O)OCC[C@@H](c2cccc(Cl)c2)O1. The van der Waals surface area contributed by atoms with Crippen LogP contribution in [-0.2, 0) is 24.9 Å². The zero-order valence-corrected chi connectivity index (χ0v) is 16.8. The molecule has 0 aliphatic carbocycles. The van der Waals surface area contributed by atoms with E-state index >= 15 is 0 Å². The summed E-state index contributed by atoms with van der Waals surface area (Å²) >= 11 is 6.03. The lowest BCUT2D eigenvalue weighted by Gasteiger charge is -2.30. The molecule has 1 saturated heterocycles. The zero-order valence-electron chi connectivity index (χ0n) is 16.2. The van der Waals surface area contributed by atoms with E-state index in [1.54, 1.807) is 23.0 Å². The van der Waals surface area contributed by atoms with Crippen molar-refractivity contribution in [1.82, 2.24) is 19.5 Å². The molecule has 8 nitrogen and oxygen atoms in total. The second kappa shape index (κ2) is 8.27. The Balaban J connectivity index is 1.38. The maximum Gasteiger partial charge on any atom is 0.356 e. The maximum absolute atomic E-state index is 12.9. The molecule has 0 bridgehead atoms. The summed E-state index contributed by atoms with van der Waals surface area (Å²) in [6.07, 6.45) is 2.90. The second-order valence-corrected chi connectivity index (χ2v) is 8.76. The highest BCUT2D eigenvalue weighted by Gasteiger charge is 2.34. The van der Waals surface area contributed by atoms with Gasteiger partial charge in [-0.25, -0.2) is 15.0 Å². The van der Waals surface area contributed by atoms with Crippen molar-refractivity contribution < 1.29 is 19.7 Å². The Hall–Kier alpha value is -1.83. The second-order valence-electron chi connectivity index (χ2n) is 6.37. The van der Waals surface area contributed by atoms with Gasteiger partial charge in [-0.1, -0.05) is 23.7 Å². The van der Waals surface area contributed by atoms with Crippen LogP contribution in [0.1, 0.15) is 25.2 Å². The van der Waals surface area contributed by atoms with Gasteiger partial charge >= 0.3 is 7.60 Å². The lowest BCUT2D eigenvalue weighted by atomic mass is 10.1. The van der Waals surface area contributed by atoms with Gasteiger partial charge < -0.3 is 13.8 Å². The fourth-order valence-electron chi connectivity index (χ4n) is 2.99. The van der Waals surface area contributed by atoms with Crippen LogP contribution in [-0.4, -0.2) is 39.1 Å². The molecule has 0 radical (unpaired) electrons. The number of aromatic nitrogens is 4. The minimum Gasteiger partial charge on any atom is -0.367 e. The number of hydrogen-bond donors (Lipinski definition) is 0. The minimum absolute atomic E-state index is 0.171. The molecule has 3 atom stereocenters. The van der Waals surface area contributed by atoms with E-state index in [0.29, 0.717) is 22.6 Å². The number of aryl methyl sites for hydroxylation is 2. The van der Waals surface area contributed by atoms with Crippen LogP contribution in [0.5, 0.6) is 0 Å². The Morgan fingerprint density at radius 3 is 3.18 bits per heavy atom. The first kappa shape index (κ1) is 18.2. The summed E-state index contributed by atoms with van der Waals surface area (Å²) < 4.78 is 39.4. The number of benzene rings is 1. The first-order chi connectivity index (χ1) is 13.9. The Morgan fingerprint density at radius 1 is 1.43 bits per heavy atom. The Morgan fingerprint density at radius 2 is 2.32 bits per heavy atom. The first-order valence-corrected chi connectivity index (χ1v) is 10.9. The summed E-state index contributed by atoms with van der Waals surface area (Å²) in [7, 11) is -3.49. The number of fused-ring (bicyclic) bond motifs is 1. The van der Waals surface area contributed by atoms with Crippen molar-refractivity contribution in [3.05, 3.63) is 53.2 Å². The first-order valence-electron chi connectivity index (χ1n) is 9.35. The highest BCUT2D eigenvalue weighted by atomic mass is 35.5. The Labute approximate surface area is 168 Å². The third-order valence-corrected chi connectivity index (χ3v) is 6.23. The number of halogens is 1. The molecule has 0 saturated carbocycles. The van der Waals surface area contributed by atoms with Gasteiger partial charge in [-0.05, 0) is 24.6 Å². The third kappa shape index (κ3) is 4.26. The van der Waals surface area contributed by atoms with Gasteiger partial charge in [0.1, 0.15) is 18.2 Å². The van der Waals surface area contributed by atoms with Crippen LogP contribution >= 0.6 is 19.2 Å². The summed E-state index contributed by atoms with van der Waals surface area (Å²) in [6.45, 7) is 1.30. The number of rotatable bonds is 6. The zero-order chi connectivity index (χ0) is 20.4. The average Bonchev–Trinajstić information content (AvgIpc) is 3.11. The van der Waals surface area contributed by atoms with Gasteiger partial charge in [0.2, 0.25) is 0 Å². The lowest BCUT2D eigenvalue weighted by molar-refractivity contribution is 0.0563. The molecule has 0 amide bonds. The van der Waals surface area contributed by atoms with Crippen LogP contribution in [0.3, 0.4) is 0 Å². The third-order valence-electron chi connectivity index (χ3n) is 4.38. The van der Waals surface area contributed by atoms with Gasteiger partial charge in [0.15, 0.2) is 5.65 Å². The number of ether oxygens (including phenoxy) is 1. The number of nitrogens with zero attached hydrogens (tertiary/aromatic N) is 4. The van der Waals surface area contributed by atoms with E-state index in [0.717, 1.165) is 11.3 Å². The fourth-order valence-corrected chi connectivity index (χ4v) is 4.67. The van der Waals surface area contributed by atoms with Crippen LogP contribution in [0, 0.1) is 6.92 Å². The van der Waals surface area contributed by atoms with Crippen molar-refractivity contribution in [2.45, 2.75) is 26.0 Å². The van der Waals surface area contributed by atoms with Crippen LogP contribution in [0.15, 0.2) is 36.9 Å². The summed E-state index contributed by atoms with van der Waals surface area (Å²) in [4.78, 5) is 12.6. The molecule has 0 N–H and O–H groups in total. The molecule has 3 aromatic rings. The quantitative estimate of drug-likeness (QED) is 0.549. The molecule has 1 aliphatic heterocycles. The van der Waals surface area contributed by atoms with Crippen molar-refractivity contribution in [3.63, 3.8) is 0 Å². The molecule has 1 aromatic carbocycles. The lowest BCUT2D eigenvalue weighted by Crippen LogP contribution is -2.17. The van der Waals surface area contributed by atoms with Gasteiger partial charge in [0, 0.05) is 18.0 Å². The average molecular weight is 425 g/mol. The minimum atomic E-state index is -3.49. The topological polar surface area (TPSA) is 88.4 Å². The largest absolute Gasteiger partial charge is 0.367 e. The van der Waals surface area contributed by atoms with Gasteiger partial charge in [-0.15, -0.1) is 0 Å². The number of imidazole rings is 1. The van der Waals surface area contributed by atoms with Crippen molar-refractivity contribution in [3.8, 4) is 0 Å². The summed E-state index contributed by atoms with van der Waals surface area (Å²) in [5.41, 5.74) is 2.90. The molecule has 28 heavy (non-hydrogen) atoms. The highest BCUT2D eigenvalue weighted by Crippen LogP contribution is 2.56. The van der Waals surface area contributed by atoms with Gasteiger partial charge in [-0.3, -0.25) is 9.09 Å². The normalized spacial score (nSPS) is 24.2. The van der Waals surface area contributed by atoms with E-state index in [9.17, 15) is 4.57 Å². The van der Waals surface area contributed by atoms with E-state index in [-0.39, 0.29) is 19.5 Å². The molecule has 148 valence electrons. The highest BCUT2D eigenvalue weighted by molar-refractivity contribution is 7.53. The molecule has 1 aliphatic rings. The fraction of sp³-hybridized carbons (Fsp3) is 0.389. The molecule has 3 heterocycles. The monoisotopic (exact) mass is 424 g/mol.